The van der Waals surface area contributed by atoms with E-state index < -0.39 is 4.92 Å². The van der Waals surface area contributed by atoms with E-state index in [0.717, 1.165) is 5.69 Å². The molecule has 2 heterocycles. The van der Waals surface area contributed by atoms with Gasteiger partial charge in [-0.25, -0.2) is 4.98 Å². The van der Waals surface area contributed by atoms with Crippen LogP contribution < -0.4 is 5.32 Å². The number of pyridine rings is 2. The number of hydrogen-bond acceptors (Lipinski definition) is 6. The molecule has 0 saturated carbocycles. The topological polar surface area (TPSA) is 101 Å². The Kier molecular flexibility index (Phi) is 5.18. The van der Waals surface area contributed by atoms with Crippen LogP contribution in [-0.4, -0.2) is 32.6 Å². The summed E-state index contributed by atoms with van der Waals surface area (Å²) in [6.07, 6.45) is 3.37. The quantitative estimate of drug-likeness (QED) is 0.610. The molecule has 0 aliphatic heterocycles. The molecule has 0 aromatic carbocycles. The van der Waals surface area contributed by atoms with Crippen molar-refractivity contribution in [3.8, 4) is 0 Å². The van der Waals surface area contributed by atoms with Gasteiger partial charge >= 0.3 is 0 Å². The fourth-order valence-electron chi connectivity index (χ4n) is 1.76. The maximum absolute atomic E-state index is 10.7. The summed E-state index contributed by atoms with van der Waals surface area (Å²) in [5, 5.41) is 23.1. The van der Waals surface area contributed by atoms with Gasteiger partial charge in [-0.15, -0.1) is 0 Å². The molecule has 2 rings (SSSR count). The average molecular weight is 353 g/mol. The molecule has 0 radical (unpaired) electrons. The minimum Gasteiger partial charge on any atom is -0.394 e. The number of nitro groups is 1. The summed E-state index contributed by atoms with van der Waals surface area (Å²) in [7, 11) is 0. The van der Waals surface area contributed by atoms with E-state index in [-0.39, 0.29) is 18.3 Å². The number of aromatic nitrogens is 2. The lowest BCUT2D eigenvalue weighted by Gasteiger charge is -2.17. The van der Waals surface area contributed by atoms with Gasteiger partial charge in [0.15, 0.2) is 0 Å². The maximum Gasteiger partial charge on any atom is 0.288 e. The normalized spacial score (nSPS) is 11.9. The highest BCUT2D eigenvalue weighted by molar-refractivity contribution is 9.10. The fraction of sp³-hybridized carbons (Fsp3) is 0.231. The number of nitrogens with one attached hydrogen (secondary N) is 1. The Balaban J connectivity index is 2.10. The van der Waals surface area contributed by atoms with Crippen LogP contribution in [0.5, 0.6) is 0 Å². The van der Waals surface area contributed by atoms with E-state index in [1.807, 2.05) is 18.2 Å². The second-order valence-corrected chi connectivity index (χ2v) is 5.18. The Morgan fingerprint density at radius 1 is 1.43 bits per heavy atom. The summed E-state index contributed by atoms with van der Waals surface area (Å²) in [5.74, 6) is 0.440. The second-order valence-electron chi connectivity index (χ2n) is 4.33. The first-order valence-corrected chi connectivity index (χ1v) is 6.96. The number of anilines is 1. The molecule has 0 amide bonds. The van der Waals surface area contributed by atoms with E-state index in [2.05, 4.69) is 31.2 Å². The van der Waals surface area contributed by atoms with Gasteiger partial charge in [-0.05, 0) is 28.1 Å². The zero-order valence-corrected chi connectivity index (χ0v) is 12.5. The Morgan fingerprint density at radius 2 is 2.24 bits per heavy atom. The lowest BCUT2D eigenvalue weighted by molar-refractivity contribution is -0.385. The van der Waals surface area contributed by atoms with Crippen molar-refractivity contribution in [3.05, 3.63) is 56.9 Å². The summed E-state index contributed by atoms with van der Waals surface area (Å²) in [4.78, 5) is 18.3. The van der Waals surface area contributed by atoms with Gasteiger partial charge in [-0.2, -0.15) is 0 Å². The molecule has 2 N–H and O–H groups in total. The van der Waals surface area contributed by atoms with E-state index in [4.69, 9.17) is 0 Å². The first kappa shape index (κ1) is 15.3. The molecule has 0 aliphatic carbocycles. The minimum atomic E-state index is -0.515. The van der Waals surface area contributed by atoms with Gasteiger partial charge in [0, 0.05) is 24.4 Å². The lowest BCUT2D eigenvalue weighted by Crippen LogP contribution is -2.27. The molecule has 0 bridgehead atoms. The predicted molar refractivity (Wildman–Crippen MR) is 81.0 cm³/mol. The Labute approximate surface area is 129 Å². The van der Waals surface area contributed by atoms with Crippen LogP contribution in [0.2, 0.25) is 0 Å². The lowest BCUT2D eigenvalue weighted by atomic mass is 10.1. The molecule has 7 nitrogen and oxygen atoms in total. The van der Waals surface area contributed by atoms with Gasteiger partial charge in [-0.3, -0.25) is 15.1 Å². The van der Waals surface area contributed by atoms with Crippen molar-refractivity contribution < 1.29 is 10.0 Å². The van der Waals surface area contributed by atoms with Crippen LogP contribution in [-0.2, 0) is 6.42 Å². The predicted octanol–water partition coefficient (Wildman–Crippen LogP) is 2.16. The molecule has 2 aromatic heterocycles. The highest BCUT2D eigenvalue weighted by Gasteiger charge is 2.15. The molecule has 110 valence electrons. The minimum absolute atomic E-state index is 0.0994. The van der Waals surface area contributed by atoms with Crippen LogP contribution in [0, 0.1) is 10.1 Å². The number of aliphatic hydroxyl groups is 1. The van der Waals surface area contributed by atoms with E-state index in [1.165, 1.54) is 12.3 Å². The number of hydrogen-bond donors (Lipinski definition) is 2. The number of aliphatic hydroxyl groups excluding tert-OH is 1. The molecule has 0 spiro atoms. The van der Waals surface area contributed by atoms with Crippen molar-refractivity contribution in [3.63, 3.8) is 0 Å². The Hall–Kier alpha value is -2.06. The maximum atomic E-state index is 10.7. The average Bonchev–Trinajstić information content (AvgIpc) is 2.49. The molecule has 1 atom stereocenters. The Morgan fingerprint density at radius 3 is 2.81 bits per heavy atom. The van der Waals surface area contributed by atoms with Crippen molar-refractivity contribution in [2.24, 2.45) is 0 Å². The van der Waals surface area contributed by atoms with Crippen LogP contribution >= 0.6 is 15.9 Å². The number of halogens is 1. The van der Waals surface area contributed by atoms with Crippen molar-refractivity contribution in [2.75, 3.05) is 11.9 Å². The molecule has 0 fully saturated rings. The largest absolute Gasteiger partial charge is 0.394 e. The third kappa shape index (κ3) is 4.20. The molecule has 21 heavy (non-hydrogen) atoms. The monoisotopic (exact) mass is 352 g/mol. The van der Waals surface area contributed by atoms with E-state index >= 15 is 0 Å². The molecule has 8 heteroatoms. The third-order valence-electron chi connectivity index (χ3n) is 2.78. The standard InChI is InChI=1S/C13H13BrN4O3/c14-12-6-11(18(20)21)7-16-13(12)17-10(8-19)5-9-3-1-2-4-15-9/h1-4,6-7,10,19H,5,8H2,(H,16,17)/t10-/m1/s1. The molecular weight excluding hydrogens is 340 g/mol. The summed E-state index contributed by atoms with van der Waals surface area (Å²) in [6.45, 7) is -0.109. The van der Waals surface area contributed by atoms with Gasteiger partial charge < -0.3 is 10.4 Å². The van der Waals surface area contributed by atoms with Crippen molar-refractivity contribution >= 4 is 27.4 Å². The van der Waals surface area contributed by atoms with Crippen LogP contribution in [0.3, 0.4) is 0 Å². The SMILES string of the molecule is O=[N+]([O-])c1cnc(N[C@@H](CO)Cc2ccccn2)c(Br)c1. The van der Waals surface area contributed by atoms with Crippen molar-refractivity contribution in [1.29, 1.82) is 0 Å². The molecule has 0 saturated heterocycles. The zero-order chi connectivity index (χ0) is 15.2. The van der Waals surface area contributed by atoms with Crippen molar-refractivity contribution in [2.45, 2.75) is 12.5 Å². The molecule has 0 unspecified atom stereocenters. The molecule has 2 aromatic rings. The highest BCUT2D eigenvalue weighted by atomic mass is 79.9. The summed E-state index contributed by atoms with van der Waals surface area (Å²) in [5.41, 5.74) is 0.736. The van der Waals surface area contributed by atoms with E-state index in [0.29, 0.717) is 16.7 Å². The summed E-state index contributed by atoms with van der Waals surface area (Å²) >= 11 is 3.23. The first-order chi connectivity index (χ1) is 10.1. The van der Waals surface area contributed by atoms with E-state index in [9.17, 15) is 15.2 Å². The Bertz CT molecular complexity index is 624. The zero-order valence-electron chi connectivity index (χ0n) is 10.9. The summed E-state index contributed by atoms with van der Waals surface area (Å²) in [6, 6.07) is 6.63. The number of nitrogens with zero attached hydrogens (tertiary/aromatic N) is 3. The van der Waals surface area contributed by atoms with Gasteiger partial charge in [0.2, 0.25) is 0 Å². The summed E-state index contributed by atoms with van der Waals surface area (Å²) < 4.78 is 0.469. The van der Waals surface area contributed by atoms with Crippen molar-refractivity contribution in [1.82, 2.24) is 9.97 Å². The second kappa shape index (κ2) is 7.09. The van der Waals surface area contributed by atoms with Crippen LogP contribution in [0.25, 0.3) is 0 Å². The van der Waals surface area contributed by atoms with E-state index in [1.54, 1.807) is 6.20 Å². The molecule has 0 aliphatic rings. The first-order valence-electron chi connectivity index (χ1n) is 6.17. The van der Waals surface area contributed by atoms with Gasteiger partial charge in [0.05, 0.1) is 22.0 Å². The van der Waals surface area contributed by atoms with Crippen LogP contribution in [0.1, 0.15) is 5.69 Å². The molecular formula is C13H13BrN4O3. The van der Waals surface area contributed by atoms with Gasteiger partial charge in [0.25, 0.3) is 5.69 Å². The van der Waals surface area contributed by atoms with Crippen LogP contribution in [0.15, 0.2) is 41.1 Å². The highest BCUT2D eigenvalue weighted by Crippen LogP contribution is 2.25. The van der Waals surface area contributed by atoms with Gasteiger partial charge in [0.1, 0.15) is 12.0 Å². The van der Waals surface area contributed by atoms with Gasteiger partial charge in [-0.1, -0.05) is 6.07 Å². The van der Waals surface area contributed by atoms with Crippen LogP contribution in [0.4, 0.5) is 11.5 Å². The third-order valence-corrected chi connectivity index (χ3v) is 3.38. The smallest absolute Gasteiger partial charge is 0.288 e. The fourth-order valence-corrected chi connectivity index (χ4v) is 2.21. The number of rotatable bonds is 6.